The Balaban J connectivity index is 2.29. The molecule has 0 spiro atoms. The van der Waals surface area contributed by atoms with E-state index in [0.717, 1.165) is 11.3 Å². The molecule has 0 fully saturated rings. The molecule has 2 rings (SSSR count). The van der Waals surface area contributed by atoms with Gasteiger partial charge in [0.2, 0.25) is 0 Å². The Hall–Kier alpha value is -2.29. The second-order valence-electron chi connectivity index (χ2n) is 5.99. The highest BCUT2D eigenvalue weighted by Gasteiger charge is 2.18. The van der Waals surface area contributed by atoms with Crippen molar-refractivity contribution >= 4 is 11.7 Å². The van der Waals surface area contributed by atoms with E-state index in [9.17, 15) is 4.79 Å². The van der Waals surface area contributed by atoms with Crippen LogP contribution < -0.4 is 4.90 Å². The maximum absolute atomic E-state index is 12.5. The molecule has 0 unspecified atom stereocenters. The lowest BCUT2D eigenvalue weighted by Gasteiger charge is -2.26. The summed E-state index contributed by atoms with van der Waals surface area (Å²) < 4.78 is 0. The van der Waals surface area contributed by atoms with Crippen LogP contribution in [0.4, 0.5) is 10.5 Å². The van der Waals surface area contributed by atoms with Crippen molar-refractivity contribution < 1.29 is 4.79 Å². The van der Waals surface area contributed by atoms with Crippen molar-refractivity contribution in [2.24, 2.45) is 0 Å². The molecule has 0 N–H and O–H groups in total. The van der Waals surface area contributed by atoms with Gasteiger partial charge < -0.3 is 4.90 Å². The van der Waals surface area contributed by atoms with Gasteiger partial charge in [-0.3, -0.25) is 4.90 Å². The standard InChI is InChI=1S/C19H24N2O/c1-15(2)17-10-12-18(13-11-17)21(19(22)20(3)4)14-16-8-6-5-7-9-16/h5-13,15H,14H2,1-4H3. The number of carbonyl (C=O) groups excluding carboxylic acids is 1. The average Bonchev–Trinajstić information content (AvgIpc) is 2.53. The number of rotatable bonds is 4. The smallest absolute Gasteiger partial charge is 0.324 e. The first kappa shape index (κ1) is 16.1. The molecule has 116 valence electrons. The van der Waals surface area contributed by atoms with Crippen molar-refractivity contribution in [3.05, 3.63) is 65.7 Å². The average molecular weight is 296 g/mol. The second-order valence-corrected chi connectivity index (χ2v) is 5.99. The van der Waals surface area contributed by atoms with E-state index in [0.29, 0.717) is 12.5 Å². The van der Waals surface area contributed by atoms with Crippen LogP contribution in [0.1, 0.15) is 30.9 Å². The third-order valence-electron chi connectivity index (χ3n) is 3.67. The van der Waals surface area contributed by atoms with Gasteiger partial charge in [-0.1, -0.05) is 56.3 Å². The normalized spacial score (nSPS) is 10.6. The molecule has 2 aromatic carbocycles. The largest absolute Gasteiger partial charge is 0.330 e. The number of benzene rings is 2. The Morgan fingerprint density at radius 3 is 2.05 bits per heavy atom. The van der Waals surface area contributed by atoms with Crippen molar-refractivity contribution in [1.29, 1.82) is 0 Å². The predicted octanol–water partition coefficient (Wildman–Crippen LogP) is 4.50. The van der Waals surface area contributed by atoms with Crippen LogP contribution in [0.5, 0.6) is 0 Å². The summed E-state index contributed by atoms with van der Waals surface area (Å²) in [5, 5.41) is 0. The SMILES string of the molecule is CC(C)c1ccc(N(Cc2ccccc2)C(=O)N(C)C)cc1. The van der Waals surface area contributed by atoms with Gasteiger partial charge in [-0.05, 0) is 29.2 Å². The first-order chi connectivity index (χ1) is 10.5. The van der Waals surface area contributed by atoms with Crippen LogP contribution in [-0.4, -0.2) is 25.0 Å². The van der Waals surface area contributed by atoms with E-state index < -0.39 is 0 Å². The quantitative estimate of drug-likeness (QED) is 0.815. The number of anilines is 1. The Labute approximate surface area is 133 Å². The molecule has 0 heterocycles. The first-order valence-electron chi connectivity index (χ1n) is 7.61. The van der Waals surface area contributed by atoms with Crippen molar-refractivity contribution in [3.63, 3.8) is 0 Å². The monoisotopic (exact) mass is 296 g/mol. The summed E-state index contributed by atoms with van der Waals surface area (Å²) >= 11 is 0. The number of carbonyl (C=O) groups is 1. The highest BCUT2D eigenvalue weighted by Crippen LogP contribution is 2.22. The predicted molar refractivity (Wildman–Crippen MR) is 92.2 cm³/mol. The summed E-state index contributed by atoms with van der Waals surface area (Å²) in [5.41, 5.74) is 3.32. The molecule has 0 aromatic heterocycles. The van der Waals surface area contributed by atoms with Crippen LogP contribution in [0.25, 0.3) is 0 Å². The minimum Gasteiger partial charge on any atom is -0.330 e. The van der Waals surface area contributed by atoms with E-state index in [4.69, 9.17) is 0 Å². The van der Waals surface area contributed by atoms with Gasteiger partial charge in [0.1, 0.15) is 0 Å². The minimum atomic E-state index is -0.0128. The summed E-state index contributed by atoms with van der Waals surface area (Å²) in [7, 11) is 3.56. The molecule has 3 nitrogen and oxygen atoms in total. The molecule has 2 amide bonds. The van der Waals surface area contributed by atoms with E-state index in [1.807, 2.05) is 42.5 Å². The number of urea groups is 1. The van der Waals surface area contributed by atoms with Gasteiger partial charge in [0.15, 0.2) is 0 Å². The molecule has 0 saturated heterocycles. The minimum absolute atomic E-state index is 0.0128. The third kappa shape index (κ3) is 3.88. The lowest BCUT2D eigenvalue weighted by molar-refractivity contribution is 0.223. The maximum atomic E-state index is 12.5. The summed E-state index contributed by atoms with van der Waals surface area (Å²) in [6.07, 6.45) is 0. The Kier molecular flexibility index (Phi) is 5.21. The number of amides is 2. The van der Waals surface area contributed by atoms with Crippen LogP contribution >= 0.6 is 0 Å². The zero-order valence-corrected chi connectivity index (χ0v) is 13.8. The Morgan fingerprint density at radius 2 is 1.55 bits per heavy atom. The highest BCUT2D eigenvalue weighted by molar-refractivity contribution is 5.91. The van der Waals surface area contributed by atoms with Gasteiger partial charge in [-0.25, -0.2) is 4.79 Å². The number of nitrogens with zero attached hydrogens (tertiary/aromatic N) is 2. The summed E-state index contributed by atoms with van der Waals surface area (Å²) in [6, 6.07) is 18.3. The van der Waals surface area contributed by atoms with Crippen LogP contribution in [0.2, 0.25) is 0 Å². The van der Waals surface area contributed by atoms with Crippen LogP contribution in [0.3, 0.4) is 0 Å². The molecule has 0 aliphatic rings. The fraction of sp³-hybridized carbons (Fsp3) is 0.316. The highest BCUT2D eigenvalue weighted by atomic mass is 16.2. The van der Waals surface area contributed by atoms with Gasteiger partial charge >= 0.3 is 6.03 Å². The molecule has 0 radical (unpaired) electrons. The Bertz CT molecular complexity index is 603. The molecule has 0 atom stereocenters. The maximum Gasteiger partial charge on any atom is 0.324 e. The summed E-state index contributed by atoms with van der Waals surface area (Å²) in [5.74, 6) is 0.487. The van der Waals surface area contributed by atoms with Gasteiger partial charge in [0.05, 0.1) is 6.54 Å². The van der Waals surface area contributed by atoms with E-state index in [2.05, 4.69) is 26.0 Å². The molecule has 0 aliphatic heterocycles. The van der Waals surface area contributed by atoms with E-state index in [-0.39, 0.29) is 6.03 Å². The second kappa shape index (κ2) is 7.12. The molecule has 22 heavy (non-hydrogen) atoms. The molecule has 2 aromatic rings. The van der Waals surface area contributed by atoms with Crippen molar-refractivity contribution in [1.82, 2.24) is 4.90 Å². The van der Waals surface area contributed by atoms with Crippen molar-refractivity contribution in [3.8, 4) is 0 Å². The van der Waals surface area contributed by atoms with Gasteiger partial charge in [-0.2, -0.15) is 0 Å². The number of hydrogen-bond acceptors (Lipinski definition) is 1. The van der Waals surface area contributed by atoms with E-state index >= 15 is 0 Å². The van der Waals surface area contributed by atoms with E-state index in [1.165, 1.54) is 5.56 Å². The third-order valence-corrected chi connectivity index (χ3v) is 3.67. The van der Waals surface area contributed by atoms with Crippen LogP contribution in [0, 0.1) is 0 Å². The summed E-state index contributed by atoms with van der Waals surface area (Å²) in [6.45, 7) is 4.91. The number of hydrogen-bond donors (Lipinski definition) is 0. The van der Waals surface area contributed by atoms with E-state index in [1.54, 1.807) is 23.9 Å². The lowest BCUT2D eigenvalue weighted by Crippen LogP contribution is -2.38. The Morgan fingerprint density at radius 1 is 0.955 bits per heavy atom. The van der Waals surface area contributed by atoms with Gasteiger partial charge in [0, 0.05) is 19.8 Å². The van der Waals surface area contributed by atoms with Gasteiger partial charge in [-0.15, -0.1) is 0 Å². The summed E-state index contributed by atoms with van der Waals surface area (Å²) in [4.78, 5) is 15.9. The molecule has 3 heteroatoms. The molecular weight excluding hydrogens is 272 g/mol. The van der Waals surface area contributed by atoms with Crippen LogP contribution in [0.15, 0.2) is 54.6 Å². The zero-order valence-electron chi connectivity index (χ0n) is 13.8. The zero-order chi connectivity index (χ0) is 16.1. The topological polar surface area (TPSA) is 23.6 Å². The molecule has 0 bridgehead atoms. The fourth-order valence-corrected chi connectivity index (χ4v) is 2.32. The first-order valence-corrected chi connectivity index (χ1v) is 7.61. The molecule has 0 saturated carbocycles. The van der Waals surface area contributed by atoms with Crippen molar-refractivity contribution in [2.45, 2.75) is 26.3 Å². The van der Waals surface area contributed by atoms with Gasteiger partial charge in [0.25, 0.3) is 0 Å². The molecular formula is C19H24N2O. The van der Waals surface area contributed by atoms with Crippen LogP contribution in [-0.2, 0) is 6.54 Å². The lowest BCUT2D eigenvalue weighted by atomic mass is 10.0. The van der Waals surface area contributed by atoms with Crippen molar-refractivity contribution in [2.75, 3.05) is 19.0 Å². The fourth-order valence-electron chi connectivity index (χ4n) is 2.32. The molecule has 0 aliphatic carbocycles.